The van der Waals surface area contributed by atoms with Crippen LogP contribution in [0.15, 0.2) is 60.0 Å². The van der Waals surface area contributed by atoms with Crippen molar-refractivity contribution < 1.29 is 9.59 Å². The molecular formula is C35H48N4O2S. The number of nitrogens with one attached hydrogen (secondary N) is 1. The third kappa shape index (κ3) is 8.68. The molecule has 1 aliphatic rings. The van der Waals surface area contributed by atoms with Crippen LogP contribution in [0, 0.1) is 5.41 Å². The highest BCUT2D eigenvalue weighted by Gasteiger charge is 2.29. The van der Waals surface area contributed by atoms with Gasteiger partial charge in [0.25, 0.3) is 5.91 Å². The van der Waals surface area contributed by atoms with Crippen molar-refractivity contribution >= 4 is 34.5 Å². The van der Waals surface area contributed by atoms with Gasteiger partial charge in [0.15, 0.2) is 0 Å². The topological polar surface area (TPSA) is 78.7 Å². The Hall–Kier alpha value is -3.16. The second-order valence-electron chi connectivity index (χ2n) is 13.0. The second-order valence-corrected chi connectivity index (χ2v) is 13.9. The molecule has 0 aliphatic heterocycles. The largest absolute Gasteiger partial charge is 0.373 e. The Kier molecular flexibility index (Phi) is 10.8. The zero-order chi connectivity index (χ0) is 30.3. The van der Waals surface area contributed by atoms with Crippen molar-refractivity contribution in [2.45, 2.75) is 91.3 Å². The van der Waals surface area contributed by atoms with E-state index >= 15 is 0 Å². The van der Waals surface area contributed by atoms with E-state index in [0.29, 0.717) is 13.0 Å². The number of anilines is 2. The van der Waals surface area contributed by atoms with Crippen LogP contribution < -0.4 is 16.0 Å². The first-order chi connectivity index (χ1) is 20.0. The number of carbonyl (C=O) groups excluding carboxylic acids is 2. The lowest BCUT2D eigenvalue weighted by Gasteiger charge is -2.36. The van der Waals surface area contributed by atoms with Gasteiger partial charge in [-0.3, -0.25) is 9.59 Å². The van der Waals surface area contributed by atoms with Gasteiger partial charge < -0.3 is 20.9 Å². The SMILES string of the molecule is CCCCN(C)c1ccc(-c2cccc(CN(C(=O)c3cccs3)C3CCC(N)CC3)c2)cc1NC(=O)CC(C)(C)C. The summed E-state index contributed by atoms with van der Waals surface area (Å²) in [4.78, 5) is 31.7. The molecule has 0 saturated heterocycles. The van der Waals surface area contributed by atoms with Crippen LogP contribution in [-0.2, 0) is 11.3 Å². The van der Waals surface area contributed by atoms with Crippen LogP contribution in [0.25, 0.3) is 11.1 Å². The number of thiophene rings is 1. The lowest BCUT2D eigenvalue weighted by molar-refractivity contribution is -0.117. The van der Waals surface area contributed by atoms with Crippen molar-refractivity contribution in [1.29, 1.82) is 0 Å². The van der Waals surface area contributed by atoms with Gasteiger partial charge in [-0.25, -0.2) is 0 Å². The molecule has 0 unspecified atom stereocenters. The summed E-state index contributed by atoms with van der Waals surface area (Å²) in [7, 11) is 2.09. The van der Waals surface area contributed by atoms with E-state index in [-0.39, 0.29) is 29.3 Å². The molecule has 1 heterocycles. The van der Waals surface area contributed by atoms with Crippen molar-refractivity contribution in [1.82, 2.24) is 4.90 Å². The Morgan fingerprint density at radius 1 is 1.00 bits per heavy atom. The lowest BCUT2D eigenvalue weighted by Crippen LogP contribution is -2.43. The van der Waals surface area contributed by atoms with Crippen molar-refractivity contribution in [3.05, 3.63) is 70.4 Å². The van der Waals surface area contributed by atoms with E-state index in [0.717, 1.165) is 78.0 Å². The smallest absolute Gasteiger partial charge is 0.264 e. The number of amides is 2. The van der Waals surface area contributed by atoms with E-state index in [1.54, 1.807) is 0 Å². The number of rotatable bonds is 11. The molecular weight excluding hydrogens is 540 g/mol. The van der Waals surface area contributed by atoms with Gasteiger partial charge in [0.1, 0.15) is 0 Å². The predicted octanol–water partition coefficient (Wildman–Crippen LogP) is 7.94. The summed E-state index contributed by atoms with van der Waals surface area (Å²) < 4.78 is 0. The maximum Gasteiger partial charge on any atom is 0.264 e. The van der Waals surface area contributed by atoms with Gasteiger partial charge in [0, 0.05) is 38.6 Å². The molecule has 3 aromatic rings. The van der Waals surface area contributed by atoms with E-state index in [1.165, 1.54) is 11.3 Å². The molecule has 1 fully saturated rings. The molecule has 0 bridgehead atoms. The normalized spacial score (nSPS) is 17.1. The molecule has 7 heteroatoms. The molecule has 2 aromatic carbocycles. The molecule has 0 radical (unpaired) electrons. The van der Waals surface area contributed by atoms with E-state index in [4.69, 9.17) is 5.73 Å². The molecule has 42 heavy (non-hydrogen) atoms. The highest BCUT2D eigenvalue weighted by Crippen LogP contribution is 2.33. The average Bonchev–Trinajstić information content (AvgIpc) is 3.49. The van der Waals surface area contributed by atoms with Gasteiger partial charge >= 0.3 is 0 Å². The van der Waals surface area contributed by atoms with Gasteiger partial charge in [0.05, 0.1) is 16.3 Å². The molecule has 2 amide bonds. The number of carbonyl (C=O) groups is 2. The first kappa shape index (κ1) is 31.8. The number of benzene rings is 2. The van der Waals surface area contributed by atoms with Crippen molar-refractivity contribution in [2.75, 3.05) is 23.8 Å². The number of nitrogens with zero attached hydrogens (tertiary/aromatic N) is 2. The summed E-state index contributed by atoms with van der Waals surface area (Å²) in [6.45, 7) is 9.91. The van der Waals surface area contributed by atoms with Gasteiger partial charge in [-0.2, -0.15) is 0 Å². The number of unbranched alkanes of at least 4 members (excludes halogenated alkanes) is 1. The highest BCUT2D eigenvalue weighted by molar-refractivity contribution is 7.12. The van der Waals surface area contributed by atoms with Crippen LogP contribution in [0.4, 0.5) is 11.4 Å². The Morgan fingerprint density at radius 3 is 2.40 bits per heavy atom. The lowest BCUT2D eigenvalue weighted by atomic mass is 9.90. The molecule has 6 nitrogen and oxygen atoms in total. The van der Waals surface area contributed by atoms with Crippen molar-refractivity contribution in [3.8, 4) is 11.1 Å². The molecule has 226 valence electrons. The molecule has 1 saturated carbocycles. The Balaban J connectivity index is 1.62. The van der Waals surface area contributed by atoms with Crippen molar-refractivity contribution in [2.24, 2.45) is 11.1 Å². The fourth-order valence-electron chi connectivity index (χ4n) is 5.71. The summed E-state index contributed by atoms with van der Waals surface area (Å²) >= 11 is 1.50. The van der Waals surface area contributed by atoms with Gasteiger partial charge in [-0.15, -0.1) is 11.3 Å². The predicted molar refractivity (Wildman–Crippen MR) is 177 cm³/mol. The zero-order valence-corrected chi connectivity index (χ0v) is 26.8. The number of hydrogen-bond acceptors (Lipinski definition) is 5. The van der Waals surface area contributed by atoms with E-state index < -0.39 is 0 Å². The highest BCUT2D eigenvalue weighted by atomic mass is 32.1. The minimum absolute atomic E-state index is 0.0217. The molecule has 0 spiro atoms. The average molecular weight is 589 g/mol. The summed E-state index contributed by atoms with van der Waals surface area (Å²) in [5.41, 5.74) is 11.2. The fourth-order valence-corrected chi connectivity index (χ4v) is 6.39. The quantitative estimate of drug-likeness (QED) is 0.238. The van der Waals surface area contributed by atoms with Crippen LogP contribution in [0.3, 0.4) is 0 Å². The minimum atomic E-state index is -0.0971. The minimum Gasteiger partial charge on any atom is -0.373 e. The van der Waals surface area contributed by atoms with Crippen LogP contribution in [0.5, 0.6) is 0 Å². The Morgan fingerprint density at radius 2 is 1.74 bits per heavy atom. The second kappa shape index (κ2) is 14.3. The summed E-state index contributed by atoms with van der Waals surface area (Å²) in [6.07, 6.45) is 6.41. The zero-order valence-electron chi connectivity index (χ0n) is 26.0. The van der Waals surface area contributed by atoms with Crippen LogP contribution in [0.1, 0.15) is 87.9 Å². The third-order valence-electron chi connectivity index (χ3n) is 8.01. The Bertz CT molecular complexity index is 1320. The fraction of sp³-hybridized carbons (Fsp3) is 0.486. The molecule has 0 atom stereocenters. The monoisotopic (exact) mass is 588 g/mol. The maximum atomic E-state index is 13.6. The van der Waals surface area contributed by atoms with E-state index in [2.05, 4.69) is 92.3 Å². The molecule has 3 N–H and O–H groups in total. The van der Waals surface area contributed by atoms with Crippen LogP contribution in [0.2, 0.25) is 0 Å². The summed E-state index contributed by atoms with van der Waals surface area (Å²) in [5.74, 6) is 0.118. The standard InChI is InChI=1S/C35H48N4O2S/c1-6-7-19-38(5)31-18-13-27(22-30(31)37-33(40)23-35(2,3)4)26-11-8-10-25(21-26)24-39(29-16-14-28(36)15-17-29)34(41)32-12-9-20-42-32/h8-13,18,20-22,28-29H,6-7,14-17,19,23-24,36H2,1-5H3,(H,37,40). The van der Waals surface area contributed by atoms with Gasteiger partial charge in [-0.1, -0.05) is 64.4 Å². The molecule has 1 aromatic heterocycles. The van der Waals surface area contributed by atoms with E-state index in [9.17, 15) is 9.59 Å². The van der Waals surface area contributed by atoms with Gasteiger partial charge in [0.2, 0.25) is 5.91 Å². The maximum absolute atomic E-state index is 13.6. The van der Waals surface area contributed by atoms with Crippen LogP contribution >= 0.6 is 11.3 Å². The first-order valence-electron chi connectivity index (χ1n) is 15.4. The van der Waals surface area contributed by atoms with E-state index in [1.807, 2.05) is 17.5 Å². The summed E-state index contributed by atoms with van der Waals surface area (Å²) in [6, 6.07) is 19.1. The Labute approximate surface area is 256 Å². The van der Waals surface area contributed by atoms with Crippen LogP contribution in [-0.4, -0.2) is 42.4 Å². The van der Waals surface area contributed by atoms with Gasteiger partial charge in [-0.05, 0) is 83.9 Å². The number of nitrogens with two attached hydrogens (primary N) is 1. The first-order valence-corrected chi connectivity index (χ1v) is 16.3. The van der Waals surface area contributed by atoms with Crippen molar-refractivity contribution in [3.63, 3.8) is 0 Å². The summed E-state index contributed by atoms with van der Waals surface area (Å²) in [5, 5.41) is 5.18. The number of hydrogen-bond donors (Lipinski definition) is 2. The third-order valence-corrected chi connectivity index (χ3v) is 8.87. The molecule has 4 rings (SSSR count). The molecule has 1 aliphatic carbocycles.